The summed E-state index contributed by atoms with van der Waals surface area (Å²) in [5, 5.41) is 3.17. The number of fused-ring (bicyclic) bond motifs is 1. The molecule has 1 aliphatic heterocycles. The van der Waals surface area contributed by atoms with Crippen LogP contribution in [0.5, 0.6) is 11.5 Å². The smallest absolute Gasteiger partial charge is 0.193 e. The van der Waals surface area contributed by atoms with Gasteiger partial charge in [0.1, 0.15) is 0 Å². The van der Waals surface area contributed by atoms with E-state index in [0.29, 0.717) is 19.2 Å². The van der Waals surface area contributed by atoms with Crippen molar-refractivity contribution in [1.29, 1.82) is 0 Å². The van der Waals surface area contributed by atoms with Gasteiger partial charge < -0.3 is 25.4 Å². The molecule has 0 amide bonds. The zero-order chi connectivity index (χ0) is 17.0. The molecule has 1 fully saturated rings. The Hall–Kier alpha value is -1.95. The summed E-state index contributed by atoms with van der Waals surface area (Å²) < 4.78 is 11.4. The molecule has 0 unspecified atom stereocenters. The molecule has 24 heavy (non-hydrogen) atoms. The Morgan fingerprint density at radius 1 is 1.17 bits per heavy atom. The van der Waals surface area contributed by atoms with Crippen molar-refractivity contribution in [1.82, 2.24) is 4.90 Å². The highest BCUT2D eigenvalue weighted by Crippen LogP contribution is 2.34. The molecule has 1 saturated carbocycles. The molecule has 0 spiro atoms. The predicted octanol–water partition coefficient (Wildman–Crippen LogP) is 2.45. The molecular formula is C18H28N4O2. The topological polar surface area (TPSA) is 72.1 Å². The quantitative estimate of drug-likeness (QED) is 0.654. The maximum atomic E-state index is 6.10. The fourth-order valence-electron chi connectivity index (χ4n) is 3.44. The van der Waals surface area contributed by atoms with Gasteiger partial charge in [-0.1, -0.05) is 12.8 Å². The highest BCUT2D eigenvalue weighted by atomic mass is 16.5. The molecular weight excluding hydrogens is 304 g/mol. The van der Waals surface area contributed by atoms with Crippen molar-refractivity contribution in [2.24, 2.45) is 10.7 Å². The second kappa shape index (κ2) is 7.30. The molecule has 1 aliphatic carbocycles. The summed E-state index contributed by atoms with van der Waals surface area (Å²) in [7, 11) is 4.27. The molecule has 3 rings (SSSR count). The van der Waals surface area contributed by atoms with Crippen LogP contribution in [-0.2, 0) is 0 Å². The molecule has 0 bridgehead atoms. The number of nitrogens with zero attached hydrogens (tertiary/aromatic N) is 2. The van der Waals surface area contributed by atoms with Crippen LogP contribution in [0, 0.1) is 0 Å². The number of aliphatic imine (C=N–C) groups is 1. The number of ether oxygens (including phenoxy) is 2. The molecule has 0 atom stereocenters. The molecule has 1 aromatic carbocycles. The van der Waals surface area contributed by atoms with E-state index >= 15 is 0 Å². The van der Waals surface area contributed by atoms with Crippen molar-refractivity contribution in [2.45, 2.75) is 37.6 Å². The van der Waals surface area contributed by atoms with Crippen LogP contribution in [0.2, 0.25) is 0 Å². The number of guanidine groups is 1. The molecule has 0 radical (unpaired) electrons. The van der Waals surface area contributed by atoms with Crippen LogP contribution in [0.1, 0.15) is 32.1 Å². The Morgan fingerprint density at radius 3 is 2.58 bits per heavy atom. The Balaban J connectivity index is 1.66. The summed E-state index contributed by atoms with van der Waals surface area (Å²) >= 11 is 0. The standard InChI is InChI=1S/C18H28N4O2/c1-22(2)18(8-3-4-9-18)13-20-17(19)21-14-6-7-15-16(12-14)24-11-5-10-23-15/h6-7,12H,3-5,8-11,13H2,1-2H3,(H3,19,20,21). The zero-order valence-electron chi connectivity index (χ0n) is 14.7. The van der Waals surface area contributed by atoms with Crippen molar-refractivity contribution in [2.75, 3.05) is 39.2 Å². The minimum Gasteiger partial charge on any atom is -0.490 e. The van der Waals surface area contributed by atoms with Crippen molar-refractivity contribution >= 4 is 11.6 Å². The highest BCUT2D eigenvalue weighted by Gasteiger charge is 2.35. The first kappa shape index (κ1) is 16.9. The molecule has 6 nitrogen and oxygen atoms in total. The number of hydrogen-bond donors (Lipinski definition) is 2. The summed E-state index contributed by atoms with van der Waals surface area (Å²) in [4.78, 5) is 6.89. The number of hydrogen-bond acceptors (Lipinski definition) is 4. The monoisotopic (exact) mass is 332 g/mol. The zero-order valence-corrected chi connectivity index (χ0v) is 14.7. The summed E-state index contributed by atoms with van der Waals surface area (Å²) in [6.45, 7) is 2.09. The second-order valence-electron chi connectivity index (χ2n) is 6.86. The number of anilines is 1. The van der Waals surface area contributed by atoms with E-state index < -0.39 is 0 Å². The van der Waals surface area contributed by atoms with Gasteiger partial charge in [-0.05, 0) is 39.1 Å². The van der Waals surface area contributed by atoms with Gasteiger partial charge >= 0.3 is 0 Å². The van der Waals surface area contributed by atoms with Crippen molar-refractivity contribution in [3.05, 3.63) is 18.2 Å². The molecule has 1 heterocycles. The van der Waals surface area contributed by atoms with Gasteiger partial charge in [-0.25, -0.2) is 0 Å². The van der Waals surface area contributed by atoms with Gasteiger partial charge in [-0.2, -0.15) is 0 Å². The van der Waals surface area contributed by atoms with E-state index in [-0.39, 0.29) is 5.54 Å². The van der Waals surface area contributed by atoms with E-state index in [9.17, 15) is 0 Å². The number of benzene rings is 1. The molecule has 132 valence electrons. The van der Waals surface area contributed by atoms with E-state index in [0.717, 1.165) is 30.2 Å². The van der Waals surface area contributed by atoms with Crippen LogP contribution < -0.4 is 20.5 Å². The summed E-state index contributed by atoms with van der Waals surface area (Å²) in [6.07, 6.45) is 5.79. The van der Waals surface area contributed by atoms with E-state index in [1.807, 2.05) is 18.2 Å². The van der Waals surface area contributed by atoms with Gasteiger partial charge in [0.2, 0.25) is 0 Å². The lowest BCUT2D eigenvalue weighted by Crippen LogP contribution is -2.45. The van der Waals surface area contributed by atoms with Gasteiger partial charge in [-0.15, -0.1) is 0 Å². The fourth-order valence-corrected chi connectivity index (χ4v) is 3.44. The van der Waals surface area contributed by atoms with E-state index in [1.165, 1.54) is 25.7 Å². The van der Waals surface area contributed by atoms with Crippen LogP contribution in [0.25, 0.3) is 0 Å². The maximum absolute atomic E-state index is 6.10. The third kappa shape index (κ3) is 3.75. The van der Waals surface area contributed by atoms with Crippen molar-refractivity contribution in [3.63, 3.8) is 0 Å². The predicted molar refractivity (Wildman–Crippen MR) is 97.0 cm³/mol. The summed E-state index contributed by atoms with van der Waals surface area (Å²) in [6, 6.07) is 5.77. The minimum absolute atomic E-state index is 0.150. The normalized spacial score (nSPS) is 20.0. The first-order chi connectivity index (χ1) is 11.6. The summed E-state index contributed by atoms with van der Waals surface area (Å²) in [5.74, 6) is 1.98. The summed E-state index contributed by atoms with van der Waals surface area (Å²) in [5.41, 5.74) is 7.11. The van der Waals surface area contributed by atoms with E-state index in [2.05, 4.69) is 29.3 Å². The second-order valence-corrected chi connectivity index (χ2v) is 6.86. The largest absolute Gasteiger partial charge is 0.490 e. The lowest BCUT2D eigenvalue weighted by Gasteiger charge is -2.34. The van der Waals surface area contributed by atoms with Crippen LogP contribution in [-0.4, -0.2) is 50.3 Å². The first-order valence-electron chi connectivity index (χ1n) is 8.73. The Bertz CT molecular complexity index is 595. The van der Waals surface area contributed by atoms with Crippen LogP contribution >= 0.6 is 0 Å². The lowest BCUT2D eigenvalue weighted by atomic mass is 9.96. The maximum Gasteiger partial charge on any atom is 0.193 e. The molecule has 3 N–H and O–H groups in total. The van der Waals surface area contributed by atoms with Crippen LogP contribution in [0.3, 0.4) is 0 Å². The molecule has 1 aromatic rings. The fraction of sp³-hybridized carbons (Fsp3) is 0.611. The Kier molecular flexibility index (Phi) is 5.14. The SMILES string of the molecule is CN(C)C1(CN=C(N)Nc2ccc3c(c2)OCCCO3)CCCC1. The van der Waals surface area contributed by atoms with E-state index in [1.54, 1.807) is 0 Å². The molecule has 0 saturated heterocycles. The average molecular weight is 332 g/mol. The Labute approximate surface area is 144 Å². The lowest BCUT2D eigenvalue weighted by molar-refractivity contribution is 0.167. The van der Waals surface area contributed by atoms with Gasteiger partial charge in [-0.3, -0.25) is 4.99 Å². The molecule has 6 heteroatoms. The van der Waals surface area contributed by atoms with Crippen LogP contribution in [0.15, 0.2) is 23.2 Å². The number of rotatable bonds is 4. The molecule has 2 aliphatic rings. The van der Waals surface area contributed by atoms with Crippen molar-refractivity contribution < 1.29 is 9.47 Å². The first-order valence-corrected chi connectivity index (χ1v) is 8.73. The highest BCUT2D eigenvalue weighted by molar-refractivity contribution is 5.92. The van der Waals surface area contributed by atoms with Gasteiger partial charge in [0, 0.05) is 23.7 Å². The van der Waals surface area contributed by atoms with Crippen LogP contribution in [0.4, 0.5) is 5.69 Å². The number of nitrogens with two attached hydrogens (primary N) is 1. The number of nitrogens with one attached hydrogen (secondary N) is 1. The van der Waals surface area contributed by atoms with Gasteiger partial charge in [0.05, 0.1) is 19.8 Å². The number of likely N-dealkylation sites (N-methyl/N-ethyl adjacent to an activating group) is 1. The average Bonchev–Trinajstić information content (AvgIpc) is 2.93. The third-order valence-corrected chi connectivity index (χ3v) is 5.05. The van der Waals surface area contributed by atoms with Gasteiger partial charge in [0.25, 0.3) is 0 Å². The Morgan fingerprint density at radius 2 is 1.88 bits per heavy atom. The van der Waals surface area contributed by atoms with Gasteiger partial charge in [0.15, 0.2) is 17.5 Å². The third-order valence-electron chi connectivity index (χ3n) is 5.05. The molecule has 0 aromatic heterocycles. The van der Waals surface area contributed by atoms with Crippen molar-refractivity contribution in [3.8, 4) is 11.5 Å². The van der Waals surface area contributed by atoms with E-state index in [4.69, 9.17) is 15.2 Å². The minimum atomic E-state index is 0.150.